The van der Waals surface area contributed by atoms with Crippen LogP contribution in [0.3, 0.4) is 0 Å². The van der Waals surface area contributed by atoms with Gasteiger partial charge in [0, 0.05) is 19.8 Å². The van der Waals surface area contributed by atoms with Crippen LogP contribution in [0.25, 0.3) is 21.9 Å². The Hall–Kier alpha value is -3.22. The first-order valence-corrected chi connectivity index (χ1v) is 8.74. The van der Waals surface area contributed by atoms with Crippen LogP contribution in [0.4, 0.5) is 5.82 Å². The second kappa shape index (κ2) is 5.66. The van der Waals surface area contributed by atoms with Crippen LogP contribution in [-0.4, -0.2) is 31.0 Å². The highest BCUT2D eigenvalue weighted by atomic mass is 16.1. The third kappa shape index (κ3) is 2.13. The minimum Gasteiger partial charge on any atom is -0.346 e. The zero-order valence-corrected chi connectivity index (χ0v) is 14.4. The molecule has 1 unspecified atom stereocenters. The fourth-order valence-electron chi connectivity index (χ4n) is 3.91. The van der Waals surface area contributed by atoms with E-state index in [4.69, 9.17) is 4.98 Å². The molecule has 3 aromatic heterocycles. The SMILES string of the molecule is Cn1c(C2CCCN2c2ncnc3[nH]ccc23)nc2ccccc2c1=O. The van der Waals surface area contributed by atoms with Crippen LogP contribution in [-0.2, 0) is 7.05 Å². The first-order chi connectivity index (χ1) is 12.7. The number of hydrogen-bond donors (Lipinski definition) is 1. The van der Waals surface area contributed by atoms with E-state index in [2.05, 4.69) is 19.9 Å². The molecule has 1 aliphatic rings. The van der Waals surface area contributed by atoms with Gasteiger partial charge in [-0.05, 0) is 31.0 Å². The van der Waals surface area contributed by atoms with Gasteiger partial charge in [0.25, 0.3) is 5.56 Å². The van der Waals surface area contributed by atoms with Gasteiger partial charge in [0.15, 0.2) is 0 Å². The molecule has 0 bridgehead atoms. The third-order valence-electron chi connectivity index (χ3n) is 5.17. The Morgan fingerprint density at radius 3 is 2.96 bits per heavy atom. The Labute approximate surface area is 149 Å². The average molecular weight is 346 g/mol. The molecule has 0 spiro atoms. The highest BCUT2D eigenvalue weighted by Crippen LogP contribution is 2.36. The minimum atomic E-state index is -0.00747. The number of fused-ring (bicyclic) bond motifs is 2. The maximum Gasteiger partial charge on any atom is 0.261 e. The van der Waals surface area contributed by atoms with Crippen molar-refractivity contribution >= 4 is 27.8 Å². The highest BCUT2D eigenvalue weighted by molar-refractivity contribution is 5.87. The molecule has 5 rings (SSSR count). The number of nitrogens with zero attached hydrogens (tertiary/aromatic N) is 5. The molecule has 1 atom stereocenters. The van der Waals surface area contributed by atoms with Gasteiger partial charge in [-0.1, -0.05) is 12.1 Å². The maximum absolute atomic E-state index is 12.8. The van der Waals surface area contributed by atoms with Crippen LogP contribution in [0.1, 0.15) is 24.7 Å². The van der Waals surface area contributed by atoms with Crippen molar-refractivity contribution in [2.24, 2.45) is 7.05 Å². The number of aromatic nitrogens is 5. The van der Waals surface area contributed by atoms with Gasteiger partial charge in [0.2, 0.25) is 0 Å². The van der Waals surface area contributed by atoms with Crippen LogP contribution in [0.5, 0.6) is 0 Å². The number of nitrogens with one attached hydrogen (secondary N) is 1. The maximum atomic E-state index is 12.8. The average Bonchev–Trinajstić information content (AvgIpc) is 3.33. The molecule has 1 aromatic carbocycles. The van der Waals surface area contributed by atoms with Crippen LogP contribution in [0, 0.1) is 0 Å². The summed E-state index contributed by atoms with van der Waals surface area (Å²) in [4.78, 5) is 31.8. The summed E-state index contributed by atoms with van der Waals surface area (Å²) in [6.45, 7) is 0.880. The van der Waals surface area contributed by atoms with Crippen molar-refractivity contribution in [1.29, 1.82) is 0 Å². The Morgan fingerprint density at radius 1 is 1.15 bits per heavy atom. The quantitative estimate of drug-likeness (QED) is 0.603. The van der Waals surface area contributed by atoms with E-state index in [9.17, 15) is 4.79 Å². The molecule has 7 heteroatoms. The van der Waals surface area contributed by atoms with E-state index >= 15 is 0 Å². The minimum absolute atomic E-state index is 0.00747. The van der Waals surface area contributed by atoms with E-state index in [-0.39, 0.29) is 11.6 Å². The van der Waals surface area contributed by atoms with Gasteiger partial charge < -0.3 is 9.88 Å². The molecule has 0 radical (unpaired) electrons. The zero-order chi connectivity index (χ0) is 17.7. The molecule has 0 saturated carbocycles. The number of aromatic amines is 1. The Balaban J connectivity index is 1.68. The number of H-pyrrole nitrogens is 1. The topological polar surface area (TPSA) is 79.7 Å². The van der Waals surface area contributed by atoms with Crippen LogP contribution >= 0.6 is 0 Å². The summed E-state index contributed by atoms with van der Waals surface area (Å²) in [7, 11) is 1.81. The summed E-state index contributed by atoms with van der Waals surface area (Å²) in [5.74, 6) is 1.68. The first kappa shape index (κ1) is 15.1. The normalized spacial score (nSPS) is 17.4. The van der Waals surface area contributed by atoms with Gasteiger partial charge in [-0.2, -0.15) is 0 Å². The van der Waals surface area contributed by atoms with Crippen molar-refractivity contribution in [3.63, 3.8) is 0 Å². The smallest absolute Gasteiger partial charge is 0.261 e. The van der Waals surface area contributed by atoms with Crippen molar-refractivity contribution in [2.45, 2.75) is 18.9 Å². The highest BCUT2D eigenvalue weighted by Gasteiger charge is 2.31. The summed E-state index contributed by atoms with van der Waals surface area (Å²) in [5.41, 5.74) is 1.56. The lowest BCUT2D eigenvalue weighted by molar-refractivity contribution is 0.608. The standard InChI is InChI=1S/C19H18N6O/c1-24-18(23-14-6-3-2-5-12(14)19(24)26)15-7-4-10-25(15)17-13-8-9-20-16(13)21-11-22-17/h2-3,5-6,8-9,11,15H,4,7,10H2,1H3,(H,20,21,22). The molecule has 26 heavy (non-hydrogen) atoms. The van der Waals surface area contributed by atoms with E-state index in [1.165, 1.54) is 0 Å². The number of hydrogen-bond acceptors (Lipinski definition) is 5. The predicted octanol–water partition coefficient (Wildman–Crippen LogP) is 2.55. The molecule has 1 aliphatic heterocycles. The monoisotopic (exact) mass is 346 g/mol. The molecule has 1 saturated heterocycles. The van der Waals surface area contributed by atoms with Gasteiger partial charge in [-0.25, -0.2) is 15.0 Å². The fourth-order valence-corrected chi connectivity index (χ4v) is 3.91. The number of anilines is 1. The van der Waals surface area contributed by atoms with Gasteiger partial charge >= 0.3 is 0 Å². The van der Waals surface area contributed by atoms with Crippen LogP contribution in [0.15, 0.2) is 47.7 Å². The largest absolute Gasteiger partial charge is 0.346 e. The molecule has 130 valence electrons. The summed E-state index contributed by atoms with van der Waals surface area (Å²) in [6.07, 6.45) is 5.42. The Kier molecular flexibility index (Phi) is 3.28. The van der Waals surface area contributed by atoms with Crippen molar-refractivity contribution in [3.05, 3.63) is 59.0 Å². The second-order valence-corrected chi connectivity index (χ2v) is 6.64. The fraction of sp³-hybridized carbons (Fsp3) is 0.263. The van der Waals surface area contributed by atoms with Crippen molar-refractivity contribution in [3.8, 4) is 0 Å². The zero-order valence-electron chi connectivity index (χ0n) is 14.4. The van der Waals surface area contributed by atoms with Gasteiger partial charge in [-0.3, -0.25) is 9.36 Å². The van der Waals surface area contributed by atoms with E-state index in [0.29, 0.717) is 5.39 Å². The second-order valence-electron chi connectivity index (χ2n) is 6.64. The van der Waals surface area contributed by atoms with E-state index in [0.717, 1.165) is 47.6 Å². The van der Waals surface area contributed by atoms with E-state index in [1.807, 2.05) is 36.5 Å². The Bertz CT molecular complexity index is 1180. The number of benzene rings is 1. The molecule has 1 fully saturated rings. The number of rotatable bonds is 2. The molecule has 4 heterocycles. The van der Waals surface area contributed by atoms with Crippen molar-refractivity contribution < 1.29 is 0 Å². The third-order valence-corrected chi connectivity index (χ3v) is 5.17. The van der Waals surface area contributed by atoms with Crippen molar-refractivity contribution in [1.82, 2.24) is 24.5 Å². The first-order valence-electron chi connectivity index (χ1n) is 8.74. The molecule has 7 nitrogen and oxygen atoms in total. The lowest BCUT2D eigenvalue weighted by atomic mass is 10.1. The van der Waals surface area contributed by atoms with Crippen LogP contribution < -0.4 is 10.5 Å². The summed E-state index contributed by atoms with van der Waals surface area (Å²) >= 11 is 0. The molecular formula is C19H18N6O. The number of para-hydroxylation sites is 1. The van der Waals surface area contributed by atoms with E-state index in [1.54, 1.807) is 17.9 Å². The summed E-state index contributed by atoms with van der Waals surface area (Å²) in [6, 6.07) is 9.52. The van der Waals surface area contributed by atoms with Gasteiger partial charge in [0.05, 0.1) is 22.3 Å². The lowest BCUT2D eigenvalue weighted by Crippen LogP contribution is -2.31. The van der Waals surface area contributed by atoms with E-state index < -0.39 is 0 Å². The molecule has 1 N–H and O–H groups in total. The Morgan fingerprint density at radius 2 is 2.04 bits per heavy atom. The molecule has 0 aliphatic carbocycles. The van der Waals surface area contributed by atoms with Gasteiger partial charge in [0.1, 0.15) is 23.6 Å². The van der Waals surface area contributed by atoms with Crippen molar-refractivity contribution in [2.75, 3.05) is 11.4 Å². The summed E-state index contributed by atoms with van der Waals surface area (Å²) in [5, 5.41) is 1.64. The molecular weight excluding hydrogens is 328 g/mol. The summed E-state index contributed by atoms with van der Waals surface area (Å²) < 4.78 is 1.68. The molecule has 0 amide bonds. The molecule has 4 aromatic rings. The lowest BCUT2D eigenvalue weighted by Gasteiger charge is -2.27. The van der Waals surface area contributed by atoms with Gasteiger partial charge in [-0.15, -0.1) is 0 Å². The van der Waals surface area contributed by atoms with Crippen LogP contribution in [0.2, 0.25) is 0 Å². The predicted molar refractivity (Wildman–Crippen MR) is 100 cm³/mol.